The van der Waals surface area contributed by atoms with Gasteiger partial charge in [-0.05, 0) is 38.9 Å². The lowest BCUT2D eigenvalue weighted by Crippen LogP contribution is -2.42. The summed E-state index contributed by atoms with van der Waals surface area (Å²) in [5.74, 6) is 0.957. The van der Waals surface area contributed by atoms with Gasteiger partial charge in [0, 0.05) is 12.6 Å². The van der Waals surface area contributed by atoms with Gasteiger partial charge in [-0.15, -0.1) is 0 Å². The number of nitrogens with zero attached hydrogens (tertiary/aromatic N) is 1. The first-order valence-electron chi connectivity index (χ1n) is 4.29. The Balaban J connectivity index is 2.03. The molecule has 2 nitrogen and oxygen atoms in total. The van der Waals surface area contributed by atoms with Gasteiger partial charge in [-0.3, -0.25) is 0 Å². The van der Waals surface area contributed by atoms with Crippen molar-refractivity contribution in [2.75, 3.05) is 26.7 Å². The lowest BCUT2D eigenvalue weighted by atomic mass is 9.93. The van der Waals surface area contributed by atoms with Crippen LogP contribution in [0.15, 0.2) is 0 Å². The minimum absolute atomic E-state index is 0.855. The van der Waals surface area contributed by atoms with Crippen molar-refractivity contribution in [3.05, 3.63) is 0 Å². The summed E-state index contributed by atoms with van der Waals surface area (Å²) in [5.41, 5.74) is 0. The fourth-order valence-electron chi connectivity index (χ4n) is 2.30. The summed E-state index contributed by atoms with van der Waals surface area (Å²) in [6.45, 7) is 3.79. The third-order valence-corrected chi connectivity index (χ3v) is 2.96. The maximum Gasteiger partial charge on any atom is 0.0257 e. The third-order valence-electron chi connectivity index (χ3n) is 2.96. The molecule has 0 amide bonds. The lowest BCUT2D eigenvalue weighted by Gasteiger charge is -2.33. The van der Waals surface area contributed by atoms with Crippen LogP contribution in [0, 0.1) is 5.92 Å². The van der Waals surface area contributed by atoms with E-state index in [1.807, 2.05) is 0 Å². The van der Waals surface area contributed by atoms with Crippen molar-refractivity contribution < 1.29 is 0 Å². The first kappa shape index (κ1) is 6.62. The fourth-order valence-corrected chi connectivity index (χ4v) is 2.30. The molecule has 0 aromatic rings. The Kier molecular flexibility index (Phi) is 1.66. The van der Waals surface area contributed by atoms with Crippen molar-refractivity contribution in [1.29, 1.82) is 0 Å². The first-order chi connectivity index (χ1) is 4.88. The predicted molar refractivity (Wildman–Crippen MR) is 42.0 cm³/mol. The SMILES string of the molecule is CN1CCC[C@H]2CNC[C@H]21. The zero-order valence-corrected chi connectivity index (χ0v) is 6.64. The van der Waals surface area contributed by atoms with Gasteiger partial charge in [0.15, 0.2) is 0 Å². The molecule has 2 aliphatic heterocycles. The summed E-state index contributed by atoms with van der Waals surface area (Å²) in [5, 5.41) is 3.45. The van der Waals surface area contributed by atoms with E-state index in [9.17, 15) is 0 Å². The molecule has 2 heterocycles. The van der Waals surface area contributed by atoms with E-state index >= 15 is 0 Å². The van der Waals surface area contributed by atoms with Gasteiger partial charge in [-0.2, -0.15) is 0 Å². The van der Waals surface area contributed by atoms with Crippen molar-refractivity contribution >= 4 is 0 Å². The number of piperidine rings is 1. The van der Waals surface area contributed by atoms with E-state index < -0.39 is 0 Å². The topological polar surface area (TPSA) is 15.3 Å². The van der Waals surface area contributed by atoms with E-state index in [0.717, 1.165) is 12.0 Å². The maximum absolute atomic E-state index is 3.45. The highest BCUT2D eigenvalue weighted by Gasteiger charge is 2.32. The van der Waals surface area contributed by atoms with Crippen LogP contribution in [0.2, 0.25) is 0 Å². The van der Waals surface area contributed by atoms with E-state index in [-0.39, 0.29) is 0 Å². The molecule has 0 aliphatic carbocycles. The summed E-state index contributed by atoms with van der Waals surface area (Å²) in [6.07, 6.45) is 2.85. The molecule has 58 valence electrons. The van der Waals surface area contributed by atoms with Gasteiger partial charge in [0.2, 0.25) is 0 Å². The van der Waals surface area contributed by atoms with Gasteiger partial charge in [0.1, 0.15) is 0 Å². The first-order valence-corrected chi connectivity index (χ1v) is 4.29. The van der Waals surface area contributed by atoms with Crippen molar-refractivity contribution in [2.24, 2.45) is 5.92 Å². The second-order valence-electron chi connectivity index (χ2n) is 3.61. The van der Waals surface area contributed by atoms with Crippen molar-refractivity contribution in [2.45, 2.75) is 18.9 Å². The smallest absolute Gasteiger partial charge is 0.0257 e. The zero-order chi connectivity index (χ0) is 6.97. The highest BCUT2D eigenvalue weighted by atomic mass is 15.2. The van der Waals surface area contributed by atoms with Crippen LogP contribution < -0.4 is 5.32 Å². The third kappa shape index (κ3) is 0.956. The molecule has 0 bridgehead atoms. The molecule has 1 N–H and O–H groups in total. The normalized spacial score (nSPS) is 41.7. The lowest BCUT2D eigenvalue weighted by molar-refractivity contribution is 0.158. The molecule has 0 saturated carbocycles. The Morgan fingerprint density at radius 1 is 1.40 bits per heavy atom. The molecule has 2 fully saturated rings. The Morgan fingerprint density at radius 2 is 2.30 bits per heavy atom. The van der Waals surface area contributed by atoms with E-state index in [0.29, 0.717) is 0 Å². The number of likely N-dealkylation sites (tertiary alicyclic amines) is 1. The minimum atomic E-state index is 0.855. The Bertz CT molecular complexity index is 124. The van der Waals surface area contributed by atoms with Crippen LogP contribution in [0.1, 0.15) is 12.8 Å². The zero-order valence-electron chi connectivity index (χ0n) is 6.64. The molecular formula is C8H16N2. The van der Waals surface area contributed by atoms with Crippen LogP contribution in [0.5, 0.6) is 0 Å². The van der Waals surface area contributed by atoms with Crippen LogP contribution in [0.3, 0.4) is 0 Å². The molecular weight excluding hydrogens is 124 g/mol. The molecule has 0 aromatic heterocycles. The largest absolute Gasteiger partial charge is 0.315 e. The quantitative estimate of drug-likeness (QED) is 0.520. The number of nitrogens with one attached hydrogen (secondary N) is 1. The monoisotopic (exact) mass is 140 g/mol. The molecule has 2 saturated heterocycles. The van der Waals surface area contributed by atoms with Gasteiger partial charge < -0.3 is 10.2 Å². The van der Waals surface area contributed by atoms with Gasteiger partial charge in [-0.25, -0.2) is 0 Å². The van der Waals surface area contributed by atoms with Crippen molar-refractivity contribution in [1.82, 2.24) is 10.2 Å². The van der Waals surface area contributed by atoms with Gasteiger partial charge in [0.05, 0.1) is 0 Å². The summed E-state index contributed by atoms with van der Waals surface area (Å²) in [7, 11) is 2.25. The highest BCUT2D eigenvalue weighted by Crippen LogP contribution is 2.24. The van der Waals surface area contributed by atoms with E-state index in [1.165, 1.54) is 32.5 Å². The maximum atomic E-state index is 3.45. The molecule has 2 rings (SSSR count). The summed E-state index contributed by atoms with van der Waals surface area (Å²) in [4.78, 5) is 2.51. The number of hydrogen-bond acceptors (Lipinski definition) is 2. The molecule has 2 aliphatic rings. The molecule has 10 heavy (non-hydrogen) atoms. The Hall–Kier alpha value is -0.0800. The molecule has 0 unspecified atom stereocenters. The summed E-state index contributed by atoms with van der Waals surface area (Å²) >= 11 is 0. The second kappa shape index (κ2) is 2.51. The van der Waals surface area contributed by atoms with Gasteiger partial charge >= 0.3 is 0 Å². The standard InChI is InChI=1S/C8H16N2/c1-10-4-2-3-7-5-9-6-8(7)10/h7-9H,2-6H2,1H3/t7-,8+/m0/s1. The summed E-state index contributed by atoms with van der Waals surface area (Å²) in [6, 6.07) is 0.855. The van der Waals surface area contributed by atoms with Crippen LogP contribution in [-0.4, -0.2) is 37.6 Å². The average molecular weight is 140 g/mol. The number of hydrogen-bond donors (Lipinski definition) is 1. The molecule has 2 heteroatoms. The number of rotatable bonds is 0. The summed E-state index contributed by atoms with van der Waals surface area (Å²) < 4.78 is 0. The van der Waals surface area contributed by atoms with Gasteiger partial charge in [-0.1, -0.05) is 0 Å². The Morgan fingerprint density at radius 3 is 3.10 bits per heavy atom. The van der Waals surface area contributed by atoms with E-state index in [1.54, 1.807) is 0 Å². The number of likely N-dealkylation sites (N-methyl/N-ethyl adjacent to an activating group) is 1. The van der Waals surface area contributed by atoms with E-state index in [2.05, 4.69) is 17.3 Å². The molecule has 0 radical (unpaired) electrons. The van der Waals surface area contributed by atoms with E-state index in [4.69, 9.17) is 0 Å². The van der Waals surface area contributed by atoms with Gasteiger partial charge in [0.25, 0.3) is 0 Å². The molecule has 0 aromatic carbocycles. The number of fused-ring (bicyclic) bond motifs is 1. The van der Waals surface area contributed by atoms with Crippen LogP contribution in [0.25, 0.3) is 0 Å². The Labute approximate surface area is 62.6 Å². The highest BCUT2D eigenvalue weighted by molar-refractivity contribution is 4.90. The van der Waals surface area contributed by atoms with Crippen LogP contribution in [-0.2, 0) is 0 Å². The predicted octanol–water partition coefficient (Wildman–Crippen LogP) is 0.300. The second-order valence-corrected chi connectivity index (χ2v) is 3.61. The molecule has 2 atom stereocenters. The van der Waals surface area contributed by atoms with Crippen LogP contribution >= 0.6 is 0 Å². The van der Waals surface area contributed by atoms with Crippen molar-refractivity contribution in [3.63, 3.8) is 0 Å². The van der Waals surface area contributed by atoms with Crippen molar-refractivity contribution in [3.8, 4) is 0 Å². The average Bonchev–Trinajstić information content (AvgIpc) is 2.36. The minimum Gasteiger partial charge on any atom is -0.315 e. The fraction of sp³-hybridized carbons (Fsp3) is 1.00. The molecule has 0 spiro atoms. The van der Waals surface area contributed by atoms with Crippen LogP contribution in [0.4, 0.5) is 0 Å².